The van der Waals surface area contributed by atoms with Crippen molar-refractivity contribution in [2.45, 2.75) is 42.9 Å². The van der Waals surface area contributed by atoms with Crippen molar-refractivity contribution < 1.29 is 26.0 Å². The molecule has 3 aromatic rings. The lowest BCUT2D eigenvalue weighted by Crippen LogP contribution is -2.52. The Bertz CT molecular complexity index is 1370. The molecule has 2 aromatic carbocycles. The SMILES string of the molecule is O=S1(=O)[C@@H](c2ccccc2)CC[C@H](C(F)(F)F)N1Cc1ccc(N2CC3[C@H](C2)[C@H]3n2cnnc2)cc1F. The summed E-state index contributed by atoms with van der Waals surface area (Å²) in [6.07, 6.45) is -1.92. The summed E-state index contributed by atoms with van der Waals surface area (Å²) in [4.78, 5) is 2.05. The van der Waals surface area contributed by atoms with Crippen LogP contribution in [0, 0.1) is 17.7 Å². The normalized spacial score (nSPS) is 29.3. The third-order valence-electron chi connectivity index (χ3n) is 7.94. The van der Waals surface area contributed by atoms with Gasteiger partial charge >= 0.3 is 6.18 Å². The summed E-state index contributed by atoms with van der Waals surface area (Å²) in [5.41, 5.74) is 0.982. The largest absolute Gasteiger partial charge is 0.405 e. The van der Waals surface area contributed by atoms with Crippen LogP contribution in [-0.2, 0) is 16.6 Å². The van der Waals surface area contributed by atoms with Crippen molar-refractivity contribution in [1.29, 1.82) is 0 Å². The minimum Gasteiger partial charge on any atom is -0.371 e. The predicted octanol–water partition coefficient (Wildman–Crippen LogP) is 4.32. The number of alkyl halides is 3. The maximum absolute atomic E-state index is 15.2. The number of benzene rings is 2. The van der Waals surface area contributed by atoms with E-state index in [9.17, 15) is 21.6 Å². The van der Waals surface area contributed by atoms with Gasteiger partial charge in [-0.25, -0.2) is 12.8 Å². The first-order valence-corrected chi connectivity index (χ1v) is 13.6. The summed E-state index contributed by atoms with van der Waals surface area (Å²) in [5, 5.41) is 6.58. The molecule has 3 fully saturated rings. The van der Waals surface area contributed by atoms with E-state index in [1.165, 1.54) is 12.1 Å². The summed E-state index contributed by atoms with van der Waals surface area (Å²) in [6.45, 7) is 0.770. The highest BCUT2D eigenvalue weighted by Gasteiger charge is 2.57. The lowest BCUT2D eigenvalue weighted by atomic mass is 10.0. The smallest absolute Gasteiger partial charge is 0.371 e. The molecule has 0 N–H and O–H groups in total. The molecular weight excluding hydrogens is 510 g/mol. The lowest BCUT2D eigenvalue weighted by molar-refractivity contribution is -0.176. The molecule has 12 heteroatoms. The molecule has 37 heavy (non-hydrogen) atoms. The van der Waals surface area contributed by atoms with Gasteiger partial charge in [-0.15, -0.1) is 10.2 Å². The fourth-order valence-electron chi connectivity index (χ4n) is 6.02. The van der Waals surface area contributed by atoms with E-state index in [1.807, 2.05) is 9.47 Å². The van der Waals surface area contributed by atoms with Gasteiger partial charge in [0.1, 0.15) is 29.8 Å². The molecule has 2 aliphatic heterocycles. The number of piperidine rings is 1. The van der Waals surface area contributed by atoms with Crippen molar-refractivity contribution in [2.75, 3.05) is 18.0 Å². The average molecular weight is 536 g/mol. The molecule has 1 saturated carbocycles. The van der Waals surface area contributed by atoms with Crippen molar-refractivity contribution in [3.05, 3.63) is 78.1 Å². The Hall–Kier alpha value is -2.99. The molecule has 2 saturated heterocycles. The average Bonchev–Trinajstić information content (AvgIpc) is 3.23. The summed E-state index contributed by atoms with van der Waals surface area (Å²) >= 11 is 0. The standard InChI is InChI=1S/C25H25F4N5O2S/c26-21-10-18(32-12-19-20(13-32)24(19)33-14-30-31-15-33)7-6-17(21)11-34-23(25(27,28)29)9-8-22(37(34,35)36)16-4-2-1-3-5-16/h1-7,10,14-15,19-20,22-24H,8-9,11-13H2/t19-,20?,22+,23+,24+/m0/s1. The molecular formula is C25H25F4N5O2S. The number of rotatable bonds is 5. The number of anilines is 1. The zero-order chi connectivity index (χ0) is 25.9. The first-order valence-electron chi connectivity index (χ1n) is 12.1. The molecule has 1 aromatic heterocycles. The monoisotopic (exact) mass is 535 g/mol. The third-order valence-corrected chi connectivity index (χ3v) is 10.2. The first kappa shape index (κ1) is 24.4. The molecule has 0 spiro atoms. The predicted molar refractivity (Wildman–Crippen MR) is 127 cm³/mol. The second-order valence-corrected chi connectivity index (χ2v) is 12.1. The number of fused-ring (bicyclic) bond motifs is 1. The maximum atomic E-state index is 15.2. The Kier molecular flexibility index (Phi) is 5.79. The summed E-state index contributed by atoms with van der Waals surface area (Å²) in [6, 6.07) is 10.7. The van der Waals surface area contributed by atoms with Crippen LogP contribution in [0.3, 0.4) is 0 Å². The van der Waals surface area contributed by atoms with Crippen LogP contribution in [0.1, 0.15) is 35.3 Å². The number of hydrogen-bond acceptors (Lipinski definition) is 5. The van der Waals surface area contributed by atoms with Gasteiger partial charge in [-0.05, 0) is 30.5 Å². The molecule has 0 bridgehead atoms. The molecule has 7 nitrogen and oxygen atoms in total. The molecule has 3 heterocycles. The van der Waals surface area contributed by atoms with E-state index in [0.29, 0.717) is 33.4 Å². The van der Waals surface area contributed by atoms with E-state index >= 15 is 4.39 Å². The van der Waals surface area contributed by atoms with Gasteiger partial charge in [-0.3, -0.25) is 0 Å². The van der Waals surface area contributed by atoms with E-state index < -0.39 is 39.9 Å². The Morgan fingerprint density at radius 3 is 2.24 bits per heavy atom. The second-order valence-electron chi connectivity index (χ2n) is 10.0. The minimum absolute atomic E-state index is 0.0815. The number of hydrogen-bond donors (Lipinski definition) is 0. The highest BCUT2D eigenvalue weighted by atomic mass is 32.2. The number of nitrogens with zero attached hydrogens (tertiary/aromatic N) is 5. The van der Waals surface area contributed by atoms with Crippen LogP contribution >= 0.6 is 0 Å². The van der Waals surface area contributed by atoms with Gasteiger partial charge in [0.25, 0.3) is 0 Å². The van der Waals surface area contributed by atoms with Crippen molar-refractivity contribution in [1.82, 2.24) is 19.1 Å². The van der Waals surface area contributed by atoms with Crippen LogP contribution in [0.2, 0.25) is 0 Å². The van der Waals surface area contributed by atoms with Gasteiger partial charge in [-0.1, -0.05) is 36.4 Å². The summed E-state index contributed by atoms with van der Waals surface area (Å²) in [5.74, 6) is 0.0887. The van der Waals surface area contributed by atoms with E-state index in [2.05, 4.69) is 10.2 Å². The Morgan fingerprint density at radius 1 is 0.946 bits per heavy atom. The van der Waals surface area contributed by atoms with Crippen molar-refractivity contribution >= 4 is 15.7 Å². The Morgan fingerprint density at radius 2 is 1.62 bits per heavy atom. The van der Waals surface area contributed by atoms with E-state index in [-0.39, 0.29) is 18.4 Å². The lowest BCUT2D eigenvalue weighted by Gasteiger charge is -2.39. The zero-order valence-electron chi connectivity index (χ0n) is 19.7. The minimum atomic E-state index is -4.76. The highest BCUT2D eigenvalue weighted by molar-refractivity contribution is 7.89. The molecule has 5 atom stereocenters. The fourth-order valence-corrected chi connectivity index (χ4v) is 8.18. The van der Waals surface area contributed by atoms with Crippen molar-refractivity contribution in [2.24, 2.45) is 11.8 Å². The first-order chi connectivity index (χ1) is 17.6. The third kappa shape index (κ3) is 4.29. The zero-order valence-corrected chi connectivity index (χ0v) is 20.5. The van der Waals surface area contributed by atoms with Gasteiger partial charge in [0, 0.05) is 48.8 Å². The van der Waals surface area contributed by atoms with Crippen molar-refractivity contribution in [3.8, 4) is 0 Å². The van der Waals surface area contributed by atoms with Gasteiger partial charge in [0.15, 0.2) is 0 Å². The molecule has 0 amide bonds. The molecule has 1 unspecified atom stereocenters. The van der Waals surface area contributed by atoms with E-state index in [0.717, 1.165) is 13.1 Å². The van der Waals surface area contributed by atoms with Crippen LogP contribution in [0.25, 0.3) is 0 Å². The van der Waals surface area contributed by atoms with Gasteiger partial charge in [-0.2, -0.15) is 17.5 Å². The Balaban J connectivity index is 1.22. The maximum Gasteiger partial charge on any atom is 0.405 e. The van der Waals surface area contributed by atoms with Crippen molar-refractivity contribution in [3.63, 3.8) is 0 Å². The highest BCUT2D eigenvalue weighted by Crippen LogP contribution is 2.55. The number of sulfonamides is 1. The second kappa shape index (κ2) is 8.80. The van der Waals surface area contributed by atoms with Gasteiger partial charge in [0.05, 0.1) is 0 Å². The van der Waals surface area contributed by atoms with E-state index in [1.54, 1.807) is 49.1 Å². The number of halogens is 4. The molecule has 3 aliphatic rings. The molecule has 196 valence electrons. The van der Waals surface area contributed by atoms with Gasteiger partial charge < -0.3 is 9.47 Å². The van der Waals surface area contributed by atoms with Crippen LogP contribution in [-0.4, -0.2) is 52.8 Å². The summed E-state index contributed by atoms with van der Waals surface area (Å²) < 4.78 is 86.2. The molecule has 0 radical (unpaired) electrons. The quantitative estimate of drug-likeness (QED) is 0.455. The van der Waals surface area contributed by atoms with Crippen LogP contribution in [0.15, 0.2) is 61.2 Å². The summed E-state index contributed by atoms with van der Waals surface area (Å²) in [7, 11) is -4.40. The number of aromatic nitrogens is 3. The van der Waals surface area contributed by atoms with Crippen LogP contribution < -0.4 is 4.90 Å². The van der Waals surface area contributed by atoms with Crippen LogP contribution in [0.4, 0.5) is 23.2 Å². The fraction of sp³-hybridized carbons (Fsp3) is 0.440. The molecule has 6 rings (SSSR count). The Labute approximate surface area is 211 Å². The van der Waals surface area contributed by atoms with Gasteiger partial charge in [0.2, 0.25) is 10.0 Å². The van der Waals surface area contributed by atoms with E-state index in [4.69, 9.17) is 0 Å². The topological polar surface area (TPSA) is 71.3 Å². The van der Waals surface area contributed by atoms with Crippen LogP contribution in [0.5, 0.6) is 0 Å². The molecule has 1 aliphatic carbocycles.